The minimum absolute atomic E-state index is 0. The van der Waals surface area contributed by atoms with Gasteiger partial charge in [-0.25, -0.2) is 0 Å². The summed E-state index contributed by atoms with van der Waals surface area (Å²) in [6, 6.07) is -0.560. The van der Waals surface area contributed by atoms with Gasteiger partial charge in [0.05, 0.1) is 31.9 Å². The van der Waals surface area contributed by atoms with E-state index >= 15 is 0 Å². The van der Waals surface area contributed by atoms with E-state index < -0.39 is 24.7 Å². The van der Waals surface area contributed by atoms with Gasteiger partial charge in [-0.2, -0.15) is 0 Å². The molecule has 0 aromatic carbocycles. The summed E-state index contributed by atoms with van der Waals surface area (Å²) in [5, 5.41) is 38.3. The molecule has 1 aliphatic heterocycles. The normalized spacial score (nSPS) is 21.9. The van der Waals surface area contributed by atoms with Crippen molar-refractivity contribution in [2.75, 3.05) is 85.2 Å². The van der Waals surface area contributed by atoms with Gasteiger partial charge in [0, 0.05) is 52.4 Å². The predicted octanol–water partition coefficient (Wildman–Crippen LogP) is -1.95. The van der Waals surface area contributed by atoms with Crippen LogP contribution in [0.25, 0.3) is 0 Å². The van der Waals surface area contributed by atoms with Crippen molar-refractivity contribution in [3.8, 4) is 0 Å². The van der Waals surface area contributed by atoms with E-state index in [1.54, 1.807) is 0 Å². The van der Waals surface area contributed by atoms with E-state index in [-0.39, 0.29) is 53.1 Å². The number of rotatable bonds is 8. The van der Waals surface area contributed by atoms with Crippen LogP contribution in [0.5, 0.6) is 0 Å². The minimum Gasteiger partial charge on any atom is -0.480 e. The Hall–Kier alpha value is 0.515. The molecule has 0 aromatic heterocycles. The summed E-state index contributed by atoms with van der Waals surface area (Å²) < 4.78 is 0. The SMILES string of the molecule is CCN1CCN(CC)CCN(C(CO)C(O)CO)CCN(CC(=O)O)CC1.[Gd+3]. The molecule has 165 valence electrons. The molecule has 2 atom stereocenters. The van der Waals surface area contributed by atoms with Gasteiger partial charge in [0.25, 0.3) is 0 Å². The zero-order chi connectivity index (χ0) is 20.2. The average molecular weight is 548 g/mol. The first-order chi connectivity index (χ1) is 12.9. The molecule has 0 aliphatic carbocycles. The summed E-state index contributed by atoms with van der Waals surface area (Å²) >= 11 is 0. The van der Waals surface area contributed by atoms with Crippen molar-refractivity contribution in [1.29, 1.82) is 0 Å². The summed E-state index contributed by atoms with van der Waals surface area (Å²) in [6.45, 7) is 11.2. The van der Waals surface area contributed by atoms with Crippen LogP contribution < -0.4 is 0 Å². The van der Waals surface area contributed by atoms with E-state index in [2.05, 4.69) is 23.6 Å². The molecular weight excluding hydrogens is 509 g/mol. The Morgan fingerprint density at radius 2 is 1.25 bits per heavy atom. The summed E-state index contributed by atoms with van der Waals surface area (Å²) in [4.78, 5) is 19.8. The molecule has 1 fully saturated rings. The third kappa shape index (κ3) is 10.5. The molecule has 0 saturated carbocycles. The zero-order valence-corrected chi connectivity index (χ0v) is 19.5. The van der Waals surface area contributed by atoms with Gasteiger partial charge in [0.15, 0.2) is 0 Å². The molecular formula is C18H38GdN4O5+3. The van der Waals surface area contributed by atoms with Crippen LogP contribution in [0.1, 0.15) is 13.8 Å². The summed E-state index contributed by atoms with van der Waals surface area (Å²) in [7, 11) is 0. The Bertz CT molecular complexity index is 421. The molecule has 0 spiro atoms. The summed E-state index contributed by atoms with van der Waals surface area (Å²) in [6.07, 6.45) is -1.03. The fraction of sp³-hybridized carbons (Fsp3) is 0.944. The molecule has 10 heteroatoms. The fourth-order valence-electron chi connectivity index (χ4n) is 3.47. The van der Waals surface area contributed by atoms with Gasteiger partial charge >= 0.3 is 45.9 Å². The quantitative estimate of drug-likeness (QED) is 0.276. The van der Waals surface area contributed by atoms with Crippen LogP contribution >= 0.6 is 0 Å². The Balaban J connectivity index is 0.00000729. The molecule has 1 heterocycles. The number of carbonyl (C=O) groups is 1. The van der Waals surface area contributed by atoms with E-state index in [0.717, 1.165) is 39.3 Å². The topological polar surface area (TPSA) is 111 Å². The van der Waals surface area contributed by atoms with Crippen LogP contribution in [0.2, 0.25) is 0 Å². The van der Waals surface area contributed by atoms with Crippen LogP contribution in [-0.4, -0.2) is 143 Å². The monoisotopic (exact) mass is 548 g/mol. The van der Waals surface area contributed by atoms with Gasteiger partial charge in [0.1, 0.15) is 0 Å². The van der Waals surface area contributed by atoms with Crippen molar-refractivity contribution in [2.45, 2.75) is 26.0 Å². The van der Waals surface area contributed by atoms with E-state index in [4.69, 9.17) is 0 Å². The maximum atomic E-state index is 11.2. The van der Waals surface area contributed by atoms with Crippen molar-refractivity contribution in [3.63, 3.8) is 0 Å². The number of hydrogen-bond donors (Lipinski definition) is 4. The van der Waals surface area contributed by atoms with Crippen molar-refractivity contribution < 1.29 is 65.2 Å². The maximum absolute atomic E-state index is 11.2. The Kier molecular flexibility index (Phi) is 16.5. The smallest absolute Gasteiger partial charge is 0.480 e. The van der Waals surface area contributed by atoms with Gasteiger partial charge in [-0.05, 0) is 13.1 Å². The van der Waals surface area contributed by atoms with Gasteiger partial charge in [0.2, 0.25) is 0 Å². The molecule has 0 bridgehead atoms. The van der Waals surface area contributed by atoms with Gasteiger partial charge in [-0.1, -0.05) is 13.8 Å². The van der Waals surface area contributed by atoms with E-state index in [9.17, 15) is 25.2 Å². The summed E-state index contributed by atoms with van der Waals surface area (Å²) in [5.74, 6) is -0.858. The van der Waals surface area contributed by atoms with E-state index in [1.807, 2.05) is 9.80 Å². The first kappa shape index (κ1) is 28.5. The molecule has 1 rings (SSSR count). The van der Waals surface area contributed by atoms with Crippen LogP contribution in [0, 0.1) is 39.9 Å². The van der Waals surface area contributed by atoms with E-state index in [1.165, 1.54) is 0 Å². The molecule has 0 amide bonds. The number of carboxylic acid groups (broad SMARTS) is 1. The van der Waals surface area contributed by atoms with Gasteiger partial charge < -0.3 is 30.2 Å². The number of nitrogens with zero attached hydrogens (tertiary/aromatic N) is 4. The van der Waals surface area contributed by atoms with Gasteiger partial charge in [-0.3, -0.25) is 14.6 Å². The van der Waals surface area contributed by atoms with Crippen LogP contribution in [0.3, 0.4) is 0 Å². The zero-order valence-electron chi connectivity index (χ0n) is 17.2. The van der Waals surface area contributed by atoms with Crippen LogP contribution in [-0.2, 0) is 4.79 Å². The second kappa shape index (κ2) is 16.2. The molecule has 1 aliphatic rings. The second-order valence-corrected chi connectivity index (χ2v) is 7.07. The fourth-order valence-corrected chi connectivity index (χ4v) is 3.47. The van der Waals surface area contributed by atoms with Crippen molar-refractivity contribution >= 4 is 5.97 Å². The van der Waals surface area contributed by atoms with Crippen molar-refractivity contribution in [2.24, 2.45) is 0 Å². The standard InChI is InChI=1S/C18H38N4O5.Gd/c1-3-19-5-6-20(4-2)9-11-22(16(14-23)17(25)15-24)12-10-21(8-7-19)13-18(26)27;/h16-17,23-25H,3-15H2,1-2H3,(H,26,27);/q;+3. The molecule has 2 unspecified atom stereocenters. The third-order valence-electron chi connectivity index (χ3n) is 5.41. The van der Waals surface area contributed by atoms with Gasteiger partial charge in [-0.15, -0.1) is 0 Å². The largest absolute Gasteiger partial charge is 3.00 e. The maximum Gasteiger partial charge on any atom is 3.00 e. The number of hydrogen-bond acceptors (Lipinski definition) is 8. The third-order valence-corrected chi connectivity index (χ3v) is 5.41. The van der Waals surface area contributed by atoms with Crippen molar-refractivity contribution in [3.05, 3.63) is 0 Å². The van der Waals surface area contributed by atoms with Crippen LogP contribution in [0.4, 0.5) is 0 Å². The minimum atomic E-state index is -1.03. The number of aliphatic hydroxyl groups excluding tert-OH is 3. The predicted molar refractivity (Wildman–Crippen MR) is 104 cm³/mol. The molecule has 1 radical (unpaired) electrons. The van der Waals surface area contributed by atoms with Crippen LogP contribution in [0.15, 0.2) is 0 Å². The first-order valence-electron chi connectivity index (χ1n) is 9.97. The molecule has 0 aromatic rings. The number of aliphatic hydroxyl groups is 3. The molecule has 1 saturated heterocycles. The Labute approximate surface area is 201 Å². The number of aliphatic carboxylic acids is 1. The first-order valence-corrected chi connectivity index (χ1v) is 9.97. The van der Waals surface area contributed by atoms with E-state index in [0.29, 0.717) is 26.2 Å². The van der Waals surface area contributed by atoms with Crippen molar-refractivity contribution in [1.82, 2.24) is 19.6 Å². The average Bonchev–Trinajstić information content (AvgIpc) is 2.65. The number of carboxylic acids is 1. The molecule has 28 heavy (non-hydrogen) atoms. The Morgan fingerprint density at radius 3 is 1.64 bits per heavy atom. The number of likely N-dealkylation sites (N-methyl/N-ethyl adjacent to an activating group) is 2. The molecule has 4 N–H and O–H groups in total. The second-order valence-electron chi connectivity index (χ2n) is 7.07. The summed E-state index contributed by atoms with van der Waals surface area (Å²) in [5.41, 5.74) is 0. The molecule has 9 nitrogen and oxygen atoms in total. The Morgan fingerprint density at radius 1 is 0.821 bits per heavy atom.